The van der Waals surface area contributed by atoms with Crippen molar-refractivity contribution in [2.24, 2.45) is 11.7 Å². The lowest BCUT2D eigenvalue weighted by Crippen LogP contribution is -2.55. The molecule has 0 radical (unpaired) electrons. The quantitative estimate of drug-likeness (QED) is 0.0220. The molecule has 4 aliphatic heterocycles. The predicted octanol–water partition coefficient (Wildman–Crippen LogP) is 3.12. The summed E-state index contributed by atoms with van der Waals surface area (Å²) in [4.78, 5) is 152. The number of aromatic hydroxyl groups is 2. The van der Waals surface area contributed by atoms with Gasteiger partial charge in [0.15, 0.2) is 31.2 Å². The molecule has 11 atom stereocenters. The van der Waals surface area contributed by atoms with Gasteiger partial charge in [0.05, 0.1) is 47.9 Å². The number of nitrogens with two attached hydrogens (primary N) is 1. The molecule has 32 heteroatoms. The standard InChI is InChI=1S/C67H87N9O22S/c1-34(2)53(72-46(78)17-10-9-11-23-76-47(79)29-44(99-8)61(76)86)60(85)71-40(15-13-22-69-64(68)87)59(84)70-37-20-18-36(19-21-37)32-94-65(88)73(4)24-25-74(5)66(89)95-33-45(77)67(90)30-39-50(57(83)52-51(55(39)81)54(80)38-14-12-16-42(91-6)49(38)56(52)82)43(31-67)97-48-28-41-58(35(3)96-48)98-62-63(92-7)93-27-26-75(41)62/h12,14,16,18-21,34-35,40-41,43-44,48,53,58,62-63,81,83,90H,9-11,13,15,17,22-33H2,1-8H3,(H,70,84)(H,71,85)(H,72,78)(H3,68,69,87)/t35-,40+,41+,43-,44?,48-,53+,58-,62-,63+,67+/m1/s1. The van der Waals surface area contributed by atoms with Crippen LogP contribution in [0.2, 0.25) is 0 Å². The average Bonchev–Trinajstić information content (AvgIpc) is 1.24. The number of fused-ring (bicyclic) bond motifs is 6. The number of Topliss-reactive ketones (excluding diaryl/α,β-unsaturated/α-hetero) is 1. The number of ether oxygens (including phenoxy) is 8. The molecule has 31 nitrogen and oxygen atoms in total. The molecular formula is C67H87N9O22S. The highest BCUT2D eigenvalue weighted by Crippen LogP contribution is 2.53. The molecule has 4 saturated heterocycles. The number of anilines is 1. The number of imide groups is 1. The van der Waals surface area contributed by atoms with Gasteiger partial charge in [-0.1, -0.05) is 44.5 Å². The summed E-state index contributed by atoms with van der Waals surface area (Å²) in [5, 5.41) is 47.1. The number of hydrogen-bond acceptors (Lipinski definition) is 24. The van der Waals surface area contributed by atoms with Gasteiger partial charge < -0.3 is 90.0 Å². The Balaban J connectivity index is 0.768. The fourth-order valence-corrected chi connectivity index (χ4v) is 13.8. The fraction of sp³-hybridized carbons (Fsp3) is 0.567. The minimum atomic E-state index is -2.49. The minimum absolute atomic E-state index is 0.0444. The summed E-state index contributed by atoms with van der Waals surface area (Å²) < 4.78 is 46.9. The zero-order valence-electron chi connectivity index (χ0n) is 56.5. The molecule has 0 bridgehead atoms. The number of carbonyl (C=O) groups is 11. The Morgan fingerprint density at radius 1 is 0.859 bits per heavy atom. The van der Waals surface area contributed by atoms with Crippen LogP contribution in [0.1, 0.15) is 133 Å². The molecule has 9 amide bonds. The number of nitrogens with zero attached hydrogens (tertiary/aromatic N) is 4. The second kappa shape index (κ2) is 32.7. The van der Waals surface area contributed by atoms with E-state index in [1.807, 2.05) is 0 Å². The Bertz CT molecular complexity index is 3580. The van der Waals surface area contributed by atoms with Crippen LogP contribution < -0.4 is 31.7 Å². The van der Waals surface area contributed by atoms with E-state index in [4.69, 9.17) is 43.6 Å². The van der Waals surface area contributed by atoms with Crippen molar-refractivity contribution in [3.05, 3.63) is 81.4 Å². The number of primary amides is 1. The number of hydrogen-bond donors (Lipinski definition) is 8. The summed E-state index contributed by atoms with van der Waals surface area (Å²) in [5.74, 6) is -6.58. The number of methoxy groups -OCH3 is 2. The lowest BCUT2D eigenvalue weighted by Gasteiger charge is -2.43. The monoisotopic (exact) mass is 1400 g/mol. The number of rotatable bonds is 29. The number of phenolic OH excluding ortho intramolecular Hbond substituents is 2. The molecule has 99 heavy (non-hydrogen) atoms. The normalized spacial score (nSPS) is 23.7. The smallest absolute Gasteiger partial charge is 0.409 e. The predicted molar refractivity (Wildman–Crippen MR) is 351 cm³/mol. The van der Waals surface area contributed by atoms with Crippen LogP contribution in [0.3, 0.4) is 0 Å². The van der Waals surface area contributed by atoms with Gasteiger partial charge in [-0.05, 0) is 68.5 Å². The van der Waals surface area contributed by atoms with Crippen molar-refractivity contribution in [3.8, 4) is 17.2 Å². The van der Waals surface area contributed by atoms with Crippen molar-refractivity contribution in [2.75, 3.05) is 85.8 Å². The van der Waals surface area contributed by atoms with E-state index >= 15 is 0 Å². The van der Waals surface area contributed by atoms with Crippen LogP contribution in [-0.2, 0) is 75.0 Å². The average molecular weight is 1400 g/mol. The van der Waals surface area contributed by atoms with Gasteiger partial charge in [-0.3, -0.25) is 48.2 Å². The van der Waals surface area contributed by atoms with E-state index in [1.54, 1.807) is 51.3 Å². The Labute approximate surface area is 575 Å². The maximum absolute atomic E-state index is 14.3. The van der Waals surface area contributed by atoms with Gasteiger partial charge in [0.1, 0.15) is 47.6 Å². The van der Waals surface area contributed by atoms with E-state index in [-0.39, 0.29) is 122 Å². The number of likely N-dealkylation sites (tertiary alicyclic amines) is 1. The summed E-state index contributed by atoms with van der Waals surface area (Å²) in [6, 6.07) is 7.39. The molecule has 0 saturated carbocycles. The third-order valence-corrected chi connectivity index (χ3v) is 19.6. The van der Waals surface area contributed by atoms with Crippen LogP contribution in [0.25, 0.3) is 0 Å². The number of amides is 9. The number of ketones is 3. The fourth-order valence-electron chi connectivity index (χ4n) is 13.2. The van der Waals surface area contributed by atoms with Crippen LogP contribution in [0, 0.1) is 5.92 Å². The molecule has 4 fully saturated rings. The number of benzene rings is 3. The molecular weight excluding hydrogens is 1310 g/mol. The Morgan fingerprint density at radius 3 is 2.23 bits per heavy atom. The number of thioether (sulfide) groups is 1. The number of unbranched alkanes of at least 4 members (excludes halogenated alkanes) is 2. The topological polar surface area (TPSA) is 409 Å². The zero-order chi connectivity index (χ0) is 71.7. The second-order valence-corrected chi connectivity index (χ2v) is 26.7. The summed E-state index contributed by atoms with van der Waals surface area (Å²) >= 11 is 1.34. The first kappa shape index (κ1) is 74.7. The van der Waals surface area contributed by atoms with Gasteiger partial charge in [0, 0.05) is 114 Å². The molecule has 2 aliphatic carbocycles. The van der Waals surface area contributed by atoms with Gasteiger partial charge >= 0.3 is 18.2 Å². The third kappa shape index (κ3) is 16.9. The molecule has 6 aliphatic rings. The Kier molecular flexibility index (Phi) is 24.7. The molecule has 0 aromatic heterocycles. The SMILES string of the molecule is COc1cccc2c1C(=O)c1c(O)c3c(c(O)c1C2=O)C[C@@](O)(C(=O)COC(=O)N(C)CCN(C)C(=O)OCc1ccc(NC(=O)[C@H](CCCNC(N)=O)NC(=O)[C@@H](NC(=O)CCCCCN2C(=O)CC(SC)C2=O)C(C)C)cc1)C[C@H]3O[C@@H]1C[C@H]2[C@H](O[C@@H]3[C@@H](OC)OCCN32)[C@@H](C)O1. The number of morpholine rings is 1. The number of nitrogens with one attached hydrogen (secondary N) is 4. The summed E-state index contributed by atoms with van der Waals surface area (Å²) in [6.45, 7) is 5.03. The second-order valence-electron chi connectivity index (χ2n) is 25.7. The van der Waals surface area contributed by atoms with Gasteiger partial charge in [-0.25, -0.2) is 14.4 Å². The zero-order valence-corrected chi connectivity index (χ0v) is 57.3. The first-order chi connectivity index (χ1) is 47.2. The lowest BCUT2D eigenvalue weighted by molar-refractivity contribution is -0.256. The highest BCUT2D eigenvalue weighted by Gasteiger charge is 2.56. The van der Waals surface area contributed by atoms with E-state index in [0.717, 1.165) is 4.90 Å². The first-order valence-electron chi connectivity index (χ1n) is 32.8. The Morgan fingerprint density at radius 2 is 1.57 bits per heavy atom. The highest BCUT2D eigenvalue weighted by atomic mass is 32.2. The maximum Gasteiger partial charge on any atom is 0.409 e. The molecule has 9 rings (SSSR count). The van der Waals surface area contributed by atoms with Crippen LogP contribution in [-0.4, -0.2) is 241 Å². The largest absolute Gasteiger partial charge is 0.507 e. The van der Waals surface area contributed by atoms with Crippen molar-refractivity contribution < 1.29 is 106 Å². The van der Waals surface area contributed by atoms with Gasteiger partial charge in [0.25, 0.3) is 0 Å². The van der Waals surface area contributed by atoms with Crippen molar-refractivity contribution in [2.45, 2.75) is 158 Å². The van der Waals surface area contributed by atoms with Crippen LogP contribution >= 0.6 is 11.8 Å². The number of phenols is 2. The van der Waals surface area contributed by atoms with E-state index in [0.29, 0.717) is 43.7 Å². The number of likely N-dealkylation sites (N-methyl/N-ethyl adjacent to an activating group) is 2. The van der Waals surface area contributed by atoms with Crippen molar-refractivity contribution in [1.29, 1.82) is 0 Å². The molecule has 538 valence electrons. The van der Waals surface area contributed by atoms with Gasteiger partial charge in [0.2, 0.25) is 41.1 Å². The van der Waals surface area contributed by atoms with Crippen molar-refractivity contribution >= 4 is 82.6 Å². The molecule has 4 heterocycles. The lowest BCUT2D eigenvalue weighted by atomic mass is 9.72. The number of carbonyl (C=O) groups excluding carboxylic acids is 11. The highest BCUT2D eigenvalue weighted by molar-refractivity contribution is 8.00. The third-order valence-electron chi connectivity index (χ3n) is 18.6. The molecule has 1 unspecified atom stereocenters. The summed E-state index contributed by atoms with van der Waals surface area (Å²) in [6.07, 6.45) is -3.94. The minimum Gasteiger partial charge on any atom is -0.507 e. The molecule has 9 N–H and O–H groups in total. The number of urea groups is 1. The van der Waals surface area contributed by atoms with E-state index in [2.05, 4.69) is 26.2 Å². The number of aliphatic hydroxyl groups is 1. The molecule has 3 aromatic carbocycles. The first-order valence-corrected chi connectivity index (χ1v) is 34.1. The van der Waals surface area contributed by atoms with E-state index < -0.39 is 150 Å². The van der Waals surface area contributed by atoms with Crippen LogP contribution in [0.5, 0.6) is 17.2 Å². The van der Waals surface area contributed by atoms with Crippen LogP contribution in [0.4, 0.5) is 20.1 Å². The molecule has 0 spiro atoms. The van der Waals surface area contributed by atoms with Crippen LogP contribution in [0.15, 0.2) is 42.5 Å². The van der Waals surface area contributed by atoms with E-state index in [1.165, 1.54) is 68.1 Å². The maximum atomic E-state index is 14.3. The van der Waals surface area contributed by atoms with Crippen molar-refractivity contribution in [3.63, 3.8) is 0 Å². The van der Waals surface area contributed by atoms with E-state index in [9.17, 15) is 68.1 Å². The Hall–Kier alpha value is -8.50. The molecule has 3 aromatic rings. The summed E-state index contributed by atoms with van der Waals surface area (Å²) in [5.41, 5.74) is 1.79. The van der Waals surface area contributed by atoms with Gasteiger partial charge in [-0.2, -0.15) is 11.8 Å². The summed E-state index contributed by atoms with van der Waals surface area (Å²) in [7, 11) is 5.58. The van der Waals surface area contributed by atoms with Gasteiger partial charge in [-0.15, -0.1) is 0 Å². The van der Waals surface area contributed by atoms with Crippen molar-refractivity contribution in [1.82, 2.24) is 35.6 Å².